The van der Waals surface area contributed by atoms with E-state index in [2.05, 4.69) is 4.98 Å². The minimum atomic E-state index is -1.21. The fraction of sp³-hybridized carbons (Fsp3) is 0.0435. The third-order valence-electron chi connectivity index (χ3n) is 4.44. The third-order valence-corrected chi connectivity index (χ3v) is 5.34. The van der Waals surface area contributed by atoms with Crippen LogP contribution in [0.3, 0.4) is 0 Å². The second-order valence-electron chi connectivity index (χ2n) is 6.36. The van der Waals surface area contributed by atoms with Crippen molar-refractivity contribution in [1.29, 1.82) is 0 Å². The largest absolute Gasteiger partial charge is 0.478 e. The van der Waals surface area contributed by atoms with Gasteiger partial charge in [0.05, 0.1) is 5.69 Å². The molecule has 0 bridgehead atoms. The minimum absolute atomic E-state index is 0.103. The number of ether oxygens (including phenoxy) is 1. The monoisotopic (exact) mass is 402 g/mol. The standard InChI is InChI=1S/C23H18N2O3S/c24-20-17(19-12-7-13-29-19)14-18(15-8-3-1-4-9-15)25-22(20)28-21(23(26)27)16-10-5-2-6-11-16/h1-14,21H,24H2,(H,26,27). The Bertz CT molecular complexity index is 1110. The van der Waals surface area contributed by atoms with E-state index in [1.165, 1.54) is 0 Å². The molecule has 4 rings (SSSR count). The summed E-state index contributed by atoms with van der Waals surface area (Å²) in [6.07, 6.45) is -1.21. The molecule has 0 aliphatic carbocycles. The van der Waals surface area contributed by atoms with E-state index in [1.807, 2.05) is 60.0 Å². The van der Waals surface area contributed by atoms with Gasteiger partial charge in [-0.25, -0.2) is 9.78 Å². The molecule has 0 fully saturated rings. The fourth-order valence-corrected chi connectivity index (χ4v) is 3.77. The van der Waals surface area contributed by atoms with Gasteiger partial charge in [0.15, 0.2) is 0 Å². The highest BCUT2D eigenvalue weighted by Crippen LogP contribution is 2.39. The van der Waals surface area contributed by atoms with E-state index in [1.54, 1.807) is 35.6 Å². The van der Waals surface area contributed by atoms with Crippen LogP contribution in [-0.2, 0) is 4.79 Å². The molecular weight excluding hydrogens is 384 g/mol. The Balaban J connectivity index is 1.83. The highest BCUT2D eigenvalue weighted by molar-refractivity contribution is 7.13. The Morgan fingerprint density at radius 1 is 1.00 bits per heavy atom. The number of hydrogen-bond donors (Lipinski definition) is 2. The molecule has 6 heteroatoms. The van der Waals surface area contributed by atoms with Crippen LogP contribution >= 0.6 is 11.3 Å². The number of benzene rings is 2. The number of aromatic nitrogens is 1. The van der Waals surface area contributed by atoms with Crippen molar-refractivity contribution >= 4 is 23.0 Å². The second-order valence-corrected chi connectivity index (χ2v) is 7.31. The van der Waals surface area contributed by atoms with Gasteiger partial charge in [-0.1, -0.05) is 66.7 Å². The van der Waals surface area contributed by atoms with Crippen LogP contribution in [0.2, 0.25) is 0 Å². The van der Waals surface area contributed by atoms with Gasteiger partial charge in [0.2, 0.25) is 12.0 Å². The van der Waals surface area contributed by atoms with Gasteiger partial charge in [-0.15, -0.1) is 11.3 Å². The summed E-state index contributed by atoms with van der Waals surface area (Å²) < 4.78 is 5.86. The lowest BCUT2D eigenvalue weighted by Crippen LogP contribution is -2.19. The van der Waals surface area contributed by atoms with Crippen molar-refractivity contribution in [3.8, 4) is 27.6 Å². The molecule has 5 nitrogen and oxygen atoms in total. The summed E-state index contributed by atoms with van der Waals surface area (Å²) in [5.74, 6) is -1.01. The number of anilines is 1. The summed E-state index contributed by atoms with van der Waals surface area (Å²) >= 11 is 1.54. The highest BCUT2D eigenvalue weighted by atomic mass is 32.1. The molecule has 0 radical (unpaired) electrons. The molecule has 0 aliphatic heterocycles. The smallest absolute Gasteiger partial charge is 0.349 e. The lowest BCUT2D eigenvalue weighted by atomic mass is 10.1. The molecule has 1 atom stereocenters. The number of carboxylic acids is 1. The quantitative estimate of drug-likeness (QED) is 0.459. The minimum Gasteiger partial charge on any atom is -0.478 e. The Labute approximate surface area is 172 Å². The highest BCUT2D eigenvalue weighted by Gasteiger charge is 2.25. The maximum Gasteiger partial charge on any atom is 0.349 e. The summed E-state index contributed by atoms with van der Waals surface area (Å²) in [4.78, 5) is 17.4. The number of thiophene rings is 1. The van der Waals surface area contributed by atoms with Crippen molar-refractivity contribution in [3.63, 3.8) is 0 Å². The molecular formula is C23H18N2O3S. The van der Waals surface area contributed by atoms with E-state index in [-0.39, 0.29) is 5.88 Å². The molecule has 29 heavy (non-hydrogen) atoms. The molecule has 4 aromatic rings. The SMILES string of the molecule is Nc1c(-c2cccs2)cc(-c2ccccc2)nc1OC(C(=O)O)c1ccccc1. The van der Waals surface area contributed by atoms with Crippen molar-refractivity contribution in [1.82, 2.24) is 4.98 Å². The zero-order valence-electron chi connectivity index (χ0n) is 15.4. The number of aliphatic carboxylic acids is 1. The average molecular weight is 402 g/mol. The summed E-state index contributed by atoms with van der Waals surface area (Å²) in [5.41, 5.74) is 9.52. The average Bonchev–Trinajstić information content (AvgIpc) is 3.28. The zero-order valence-corrected chi connectivity index (χ0v) is 16.2. The Morgan fingerprint density at radius 2 is 1.69 bits per heavy atom. The van der Waals surface area contributed by atoms with Crippen LogP contribution in [-0.4, -0.2) is 16.1 Å². The van der Waals surface area contributed by atoms with Gasteiger partial charge >= 0.3 is 5.97 Å². The Kier molecular flexibility index (Phi) is 5.27. The van der Waals surface area contributed by atoms with Gasteiger partial charge in [0, 0.05) is 21.6 Å². The van der Waals surface area contributed by atoms with Crippen molar-refractivity contribution in [2.75, 3.05) is 5.73 Å². The molecule has 2 aromatic heterocycles. The molecule has 1 unspecified atom stereocenters. The van der Waals surface area contributed by atoms with Crippen LogP contribution in [0.1, 0.15) is 11.7 Å². The van der Waals surface area contributed by atoms with Crippen LogP contribution in [0, 0.1) is 0 Å². The van der Waals surface area contributed by atoms with Crippen LogP contribution in [0.4, 0.5) is 5.69 Å². The first-order valence-electron chi connectivity index (χ1n) is 8.97. The number of rotatable bonds is 6. The molecule has 2 heterocycles. The van der Waals surface area contributed by atoms with Gasteiger partial charge in [0.25, 0.3) is 0 Å². The van der Waals surface area contributed by atoms with Crippen LogP contribution in [0.25, 0.3) is 21.7 Å². The van der Waals surface area contributed by atoms with E-state index in [0.717, 1.165) is 16.0 Å². The normalized spacial score (nSPS) is 11.7. The summed E-state index contributed by atoms with van der Waals surface area (Å²) in [7, 11) is 0. The number of nitrogens with two attached hydrogens (primary N) is 1. The van der Waals surface area contributed by atoms with Gasteiger partial charge in [-0.05, 0) is 17.5 Å². The maximum absolute atomic E-state index is 11.9. The number of nitrogens with zero attached hydrogens (tertiary/aromatic N) is 1. The van der Waals surface area contributed by atoms with E-state index in [4.69, 9.17) is 10.5 Å². The first-order chi connectivity index (χ1) is 14.1. The number of carboxylic acid groups (broad SMARTS) is 1. The van der Waals surface area contributed by atoms with Gasteiger partial charge in [0.1, 0.15) is 5.69 Å². The van der Waals surface area contributed by atoms with E-state index in [0.29, 0.717) is 16.9 Å². The van der Waals surface area contributed by atoms with E-state index in [9.17, 15) is 9.90 Å². The zero-order chi connectivity index (χ0) is 20.2. The molecule has 3 N–H and O–H groups in total. The number of hydrogen-bond acceptors (Lipinski definition) is 5. The number of pyridine rings is 1. The molecule has 2 aromatic carbocycles. The summed E-state index contributed by atoms with van der Waals surface area (Å²) in [5, 5.41) is 11.7. The molecule has 0 amide bonds. The summed E-state index contributed by atoms with van der Waals surface area (Å²) in [6, 6.07) is 24.2. The Hall–Kier alpha value is -3.64. The summed E-state index contributed by atoms with van der Waals surface area (Å²) in [6.45, 7) is 0. The number of carbonyl (C=O) groups is 1. The maximum atomic E-state index is 11.9. The molecule has 0 spiro atoms. The van der Waals surface area contributed by atoms with E-state index < -0.39 is 12.1 Å². The predicted molar refractivity (Wildman–Crippen MR) is 115 cm³/mol. The molecule has 0 saturated heterocycles. The lowest BCUT2D eigenvalue weighted by molar-refractivity contribution is -0.145. The fourth-order valence-electron chi connectivity index (χ4n) is 3.01. The lowest BCUT2D eigenvalue weighted by Gasteiger charge is -2.18. The van der Waals surface area contributed by atoms with Gasteiger partial charge in [-0.3, -0.25) is 0 Å². The van der Waals surface area contributed by atoms with Crippen LogP contribution < -0.4 is 10.5 Å². The first kappa shape index (κ1) is 18.7. The molecule has 0 saturated carbocycles. The van der Waals surface area contributed by atoms with Crippen molar-refractivity contribution < 1.29 is 14.6 Å². The topological polar surface area (TPSA) is 85.4 Å². The predicted octanol–water partition coefficient (Wildman–Crippen LogP) is 5.26. The van der Waals surface area contributed by atoms with Crippen molar-refractivity contribution in [2.45, 2.75) is 6.10 Å². The van der Waals surface area contributed by atoms with Gasteiger partial charge < -0.3 is 15.6 Å². The molecule has 144 valence electrons. The van der Waals surface area contributed by atoms with E-state index >= 15 is 0 Å². The van der Waals surface area contributed by atoms with Crippen molar-refractivity contribution in [2.24, 2.45) is 0 Å². The van der Waals surface area contributed by atoms with Crippen molar-refractivity contribution in [3.05, 3.63) is 89.8 Å². The Morgan fingerprint density at radius 3 is 2.31 bits per heavy atom. The van der Waals surface area contributed by atoms with Gasteiger partial charge in [-0.2, -0.15) is 0 Å². The third kappa shape index (κ3) is 3.97. The van der Waals surface area contributed by atoms with Crippen LogP contribution in [0.5, 0.6) is 5.88 Å². The number of nitrogen functional groups attached to an aromatic ring is 1. The first-order valence-corrected chi connectivity index (χ1v) is 9.85. The van der Waals surface area contributed by atoms with Crippen LogP contribution in [0.15, 0.2) is 84.2 Å². The molecule has 0 aliphatic rings. The second kappa shape index (κ2) is 8.16.